The summed E-state index contributed by atoms with van der Waals surface area (Å²) in [6.45, 7) is 3.81. The van der Waals surface area contributed by atoms with E-state index in [0.29, 0.717) is 6.42 Å². The van der Waals surface area contributed by atoms with Gasteiger partial charge in [0.1, 0.15) is 10.7 Å². The van der Waals surface area contributed by atoms with Crippen LogP contribution >= 0.6 is 0 Å². The number of benzene rings is 1. The summed E-state index contributed by atoms with van der Waals surface area (Å²) in [4.78, 5) is -0.489. The topological polar surface area (TPSA) is 81.4 Å². The third-order valence-electron chi connectivity index (χ3n) is 4.03. The van der Waals surface area contributed by atoms with E-state index in [2.05, 4.69) is 4.72 Å². The minimum Gasteiger partial charge on any atom is -0.398 e. The van der Waals surface area contributed by atoms with E-state index >= 15 is 0 Å². The number of ether oxygens (including phenoxy) is 1. The molecule has 2 atom stereocenters. The van der Waals surface area contributed by atoms with Crippen molar-refractivity contribution in [3.05, 3.63) is 24.0 Å². The zero-order chi connectivity index (χ0) is 15.1. The Labute approximate surface area is 118 Å². The summed E-state index contributed by atoms with van der Waals surface area (Å²) < 4.78 is 46.1. The van der Waals surface area contributed by atoms with Gasteiger partial charge in [0.25, 0.3) is 0 Å². The number of hydrogen-bond acceptors (Lipinski definition) is 4. The van der Waals surface area contributed by atoms with Gasteiger partial charge >= 0.3 is 0 Å². The van der Waals surface area contributed by atoms with Crippen molar-refractivity contribution in [2.45, 2.75) is 37.3 Å². The van der Waals surface area contributed by atoms with Gasteiger partial charge in [0.15, 0.2) is 0 Å². The summed E-state index contributed by atoms with van der Waals surface area (Å²) in [5.74, 6) is -0.849. The Balaban J connectivity index is 2.26. The molecule has 0 aliphatic heterocycles. The Morgan fingerprint density at radius 3 is 2.60 bits per heavy atom. The molecule has 0 bridgehead atoms. The summed E-state index contributed by atoms with van der Waals surface area (Å²) in [5.41, 5.74) is 5.14. The molecule has 1 aromatic carbocycles. The predicted molar refractivity (Wildman–Crippen MR) is 74.1 cm³/mol. The van der Waals surface area contributed by atoms with E-state index in [-0.39, 0.29) is 23.2 Å². The molecule has 0 aromatic heterocycles. The molecule has 112 valence electrons. The molecule has 1 aliphatic carbocycles. The van der Waals surface area contributed by atoms with Crippen molar-refractivity contribution in [3.63, 3.8) is 0 Å². The highest BCUT2D eigenvalue weighted by molar-refractivity contribution is 7.89. The molecular formula is C13H19FN2O3S. The smallest absolute Gasteiger partial charge is 0.245 e. The SMILES string of the molecule is COC1CC(NS(=O)(=O)c2c(N)cccc2F)C1(C)C. The van der Waals surface area contributed by atoms with E-state index in [0.717, 1.165) is 6.07 Å². The van der Waals surface area contributed by atoms with Gasteiger partial charge in [-0.05, 0) is 18.6 Å². The summed E-state index contributed by atoms with van der Waals surface area (Å²) >= 11 is 0. The maximum absolute atomic E-state index is 13.7. The molecule has 20 heavy (non-hydrogen) atoms. The van der Waals surface area contributed by atoms with Gasteiger partial charge in [-0.2, -0.15) is 0 Å². The molecule has 7 heteroatoms. The first-order valence-corrected chi connectivity index (χ1v) is 7.77. The van der Waals surface area contributed by atoms with Crippen LogP contribution in [0.1, 0.15) is 20.3 Å². The van der Waals surface area contributed by atoms with E-state index in [1.54, 1.807) is 7.11 Å². The number of halogens is 1. The van der Waals surface area contributed by atoms with Crippen molar-refractivity contribution >= 4 is 15.7 Å². The molecule has 0 spiro atoms. The summed E-state index contributed by atoms with van der Waals surface area (Å²) in [7, 11) is -2.40. The Kier molecular flexibility index (Phi) is 3.79. The molecule has 3 N–H and O–H groups in total. The van der Waals surface area contributed by atoms with Crippen LogP contribution in [-0.4, -0.2) is 27.7 Å². The maximum atomic E-state index is 13.7. The van der Waals surface area contributed by atoms with Gasteiger partial charge in [-0.25, -0.2) is 17.5 Å². The molecule has 0 amide bonds. The quantitative estimate of drug-likeness (QED) is 0.826. The van der Waals surface area contributed by atoms with Crippen LogP contribution < -0.4 is 10.5 Å². The van der Waals surface area contributed by atoms with Crippen molar-refractivity contribution in [3.8, 4) is 0 Å². The molecule has 1 saturated carbocycles. The van der Waals surface area contributed by atoms with Crippen LogP contribution in [0.5, 0.6) is 0 Å². The second-order valence-electron chi connectivity index (χ2n) is 5.61. The third-order valence-corrected chi connectivity index (χ3v) is 5.59. The molecular weight excluding hydrogens is 283 g/mol. The van der Waals surface area contributed by atoms with Gasteiger partial charge in [-0.15, -0.1) is 0 Å². The molecule has 5 nitrogen and oxygen atoms in total. The Morgan fingerprint density at radius 1 is 1.45 bits per heavy atom. The number of methoxy groups -OCH3 is 1. The number of rotatable bonds is 4. The zero-order valence-electron chi connectivity index (χ0n) is 11.7. The van der Waals surface area contributed by atoms with Crippen LogP contribution in [0.4, 0.5) is 10.1 Å². The van der Waals surface area contributed by atoms with E-state index in [1.807, 2.05) is 13.8 Å². The number of anilines is 1. The number of hydrogen-bond donors (Lipinski definition) is 2. The van der Waals surface area contributed by atoms with E-state index in [9.17, 15) is 12.8 Å². The molecule has 1 aliphatic rings. The second-order valence-corrected chi connectivity index (χ2v) is 7.26. The van der Waals surface area contributed by atoms with Crippen LogP contribution in [0.2, 0.25) is 0 Å². The normalized spacial score (nSPS) is 25.2. The zero-order valence-corrected chi connectivity index (χ0v) is 12.5. The van der Waals surface area contributed by atoms with Crippen molar-refractivity contribution < 1.29 is 17.5 Å². The van der Waals surface area contributed by atoms with Crippen LogP contribution in [0, 0.1) is 11.2 Å². The lowest BCUT2D eigenvalue weighted by Gasteiger charge is -2.50. The monoisotopic (exact) mass is 302 g/mol. The summed E-state index contributed by atoms with van der Waals surface area (Å²) in [6, 6.07) is 3.50. The van der Waals surface area contributed by atoms with Crippen molar-refractivity contribution in [1.29, 1.82) is 0 Å². The lowest BCUT2D eigenvalue weighted by atomic mass is 9.65. The fourth-order valence-corrected chi connectivity index (χ4v) is 4.14. The van der Waals surface area contributed by atoms with Gasteiger partial charge < -0.3 is 10.5 Å². The van der Waals surface area contributed by atoms with E-state index in [4.69, 9.17) is 10.5 Å². The van der Waals surface area contributed by atoms with Crippen LogP contribution in [0.15, 0.2) is 23.1 Å². The van der Waals surface area contributed by atoms with Crippen LogP contribution in [-0.2, 0) is 14.8 Å². The lowest BCUT2D eigenvalue weighted by molar-refractivity contribution is -0.0908. The average Bonchev–Trinajstić information content (AvgIpc) is 2.33. The predicted octanol–water partition coefficient (Wildman–Crippen LogP) is 1.50. The Bertz CT molecular complexity index is 596. The highest BCUT2D eigenvalue weighted by atomic mass is 32.2. The van der Waals surface area contributed by atoms with Crippen LogP contribution in [0.25, 0.3) is 0 Å². The van der Waals surface area contributed by atoms with Gasteiger partial charge in [0, 0.05) is 18.6 Å². The lowest BCUT2D eigenvalue weighted by Crippen LogP contribution is -2.61. The first kappa shape index (κ1) is 15.2. The summed E-state index contributed by atoms with van der Waals surface area (Å²) in [6.07, 6.45) is 0.532. The average molecular weight is 302 g/mol. The molecule has 0 saturated heterocycles. The third kappa shape index (κ3) is 2.41. The highest BCUT2D eigenvalue weighted by Crippen LogP contribution is 2.43. The standard InChI is InChI=1S/C13H19FN2O3S/c1-13(2)10(7-11(13)19-3)16-20(17,18)12-8(14)5-4-6-9(12)15/h4-6,10-11,16H,7,15H2,1-3H3. The molecule has 2 unspecified atom stereocenters. The van der Waals surface area contributed by atoms with Crippen molar-refractivity contribution in [1.82, 2.24) is 4.72 Å². The fourth-order valence-electron chi connectivity index (χ4n) is 2.54. The number of sulfonamides is 1. The van der Waals surface area contributed by atoms with E-state index < -0.39 is 20.7 Å². The van der Waals surface area contributed by atoms with Gasteiger partial charge in [-0.1, -0.05) is 19.9 Å². The van der Waals surface area contributed by atoms with Gasteiger partial charge in [-0.3, -0.25) is 0 Å². The van der Waals surface area contributed by atoms with Crippen LogP contribution in [0.3, 0.4) is 0 Å². The van der Waals surface area contributed by atoms with Gasteiger partial charge in [0.05, 0.1) is 11.8 Å². The molecule has 1 aromatic rings. The molecule has 1 fully saturated rings. The highest BCUT2D eigenvalue weighted by Gasteiger charge is 2.50. The Morgan fingerprint density at radius 2 is 2.10 bits per heavy atom. The number of nitrogens with one attached hydrogen (secondary N) is 1. The first-order chi connectivity index (χ1) is 9.20. The number of nitrogen functional groups attached to an aromatic ring is 1. The number of nitrogens with two attached hydrogens (primary N) is 1. The van der Waals surface area contributed by atoms with Gasteiger partial charge in [0.2, 0.25) is 10.0 Å². The largest absolute Gasteiger partial charge is 0.398 e. The minimum absolute atomic E-state index is 0.0202. The second kappa shape index (κ2) is 4.98. The van der Waals surface area contributed by atoms with Crippen molar-refractivity contribution in [2.75, 3.05) is 12.8 Å². The minimum atomic E-state index is -3.99. The summed E-state index contributed by atoms with van der Waals surface area (Å²) in [5, 5.41) is 0. The molecule has 0 heterocycles. The van der Waals surface area contributed by atoms with Crippen molar-refractivity contribution in [2.24, 2.45) is 5.41 Å². The maximum Gasteiger partial charge on any atom is 0.245 e. The molecule has 2 rings (SSSR count). The molecule has 0 radical (unpaired) electrons. The Hall–Kier alpha value is -1.18. The fraction of sp³-hybridized carbons (Fsp3) is 0.538. The first-order valence-electron chi connectivity index (χ1n) is 6.29. The van der Waals surface area contributed by atoms with E-state index in [1.165, 1.54) is 12.1 Å².